The molecule has 1 atom stereocenters. The number of carbonyl (C=O) groups excluding carboxylic acids is 1. The van der Waals surface area contributed by atoms with Gasteiger partial charge in [-0.1, -0.05) is 19.9 Å². The number of nitrogens with zero attached hydrogens (tertiary/aromatic N) is 1. The number of aliphatic hydroxyl groups is 1. The molecule has 1 unspecified atom stereocenters. The minimum atomic E-state index is -0.376. The summed E-state index contributed by atoms with van der Waals surface area (Å²) in [7, 11) is 0. The third-order valence-corrected chi connectivity index (χ3v) is 4.99. The maximum atomic E-state index is 12.0. The number of aromatic nitrogens is 1. The lowest BCUT2D eigenvalue weighted by atomic mass is 10.0. The molecule has 0 aliphatic heterocycles. The highest BCUT2D eigenvalue weighted by Crippen LogP contribution is 2.28. The number of carbonyl (C=O) groups is 1. The van der Waals surface area contributed by atoms with E-state index in [9.17, 15) is 9.90 Å². The zero-order valence-corrected chi connectivity index (χ0v) is 13.1. The van der Waals surface area contributed by atoms with Gasteiger partial charge in [-0.15, -0.1) is 22.7 Å². The van der Waals surface area contributed by atoms with E-state index in [1.165, 1.54) is 11.3 Å². The Morgan fingerprint density at radius 3 is 2.95 bits per heavy atom. The van der Waals surface area contributed by atoms with E-state index < -0.39 is 0 Å². The van der Waals surface area contributed by atoms with Gasteiger partial charge >= 0.3 is 0 Å². The molecule has 4 nitrogen and oxygen atoms in total. The van der Waals surface area contributed by atoms with Crippen LogP contribution in [0, 0.1) is 5.92 Å². The number of rotatable bonds is 6. The first-order chi connectivity index (χ1) is 9.58. The Bertz CT molecular complexity index is 549. The van der Waals surface area contributed by atoms with E-state index >= 15 is 0 Å². The SMILES string of the molecule is CC(C)C(O)CCNC(=O)c1cnc(-c2cccs2)s1. The Morgan fingerprint density at radius 1 is 1.50 bits per heavy atom. The highest BCUT2D eigenvalue weighted by molar-refractivity contribution is 7.21. The second kappa shape index (κ2) is 6.97. The Morgan fingerprint density at radius 2 is 2.30 bits per heavy atom. The van der Waals surface area contributed by atoms with Gasteiger partial charge in [0, 0.05) is 6.54 Å². The van der Waals surface area contributed by atoms with Gasteiger partial charge in [0.25, 0.3) is 5.91 Å². The summed E-state index contributed by atoms with van der Waals surface area (Å²) in [6.07, 6.45) is 1.80. The molecule has 0 saturated carbocycles. The van der Waals surface area contributed by atoms with Crippen LogP contribution < -0.4 is 5.32 Å². The number of thiophene rings is 1. The van der Waals surface area contributed by atoms with Gasteiger partial charge < -0.3 is 10.4 Å². The van der Waals surface area contributed by atoms with Crippen LogP contribution in [0.15, 0.2) is 23.7 Å². The van der Waals surface area contributed by atoms with Crippen molar-refractivity contribution in [3.63, 3.8) is 0 Å². The maximum absolute atomic E-state index is 12.0. The summed E-state index contributed by atoms with van der Waals surface area (Å²) in [5.74, 6) is 0.0852. The fraction of sp³-hybridized carbons (Fsp3) is 0.429. The van der Waals surface area contributed by atoms with E-state index in [0.29, 0.717) is 17.8 Å². The van der Waals surface area contributed by atoms with Crippen molar-refractivity contribution in [2.75, 3.05) is 6.54 Å². The Hall–Kier alpha value is -1.24. The van der Waals surface area contributed by atoms with Crippen LogP contribution in [0.3, 0.4) is 0 Å². The van der Waals surface area contributed by atoms with Crippen molar-refractivity contribution in [2.45, 2.75) is 26.4 Å². The minimum Gasteiger partial charge on any atom is -0.393 e. The fourth-order valence-electron chi connectivity index (χ4n) is 1.65. The van der Waals surface area contributed by atoms with Crippen LogP contribution in [0.5, 0.6) is 0 Å². The molecule has 0 radical (unpaired) electrons. The van der Waals surface area contributed by atoms with Crippen LogP contribution in [0.2, 0.25) is 0 Å². The second-order valence-corrected chi connectivity index (χ2v) is 6.84. The highest BCUT2D eigenvalue weighted by Gasteiger charge is 2.13. The summed E-state index contributed by atoms with van der Waals surface area (Å²) >= 11 is 3.00. The van der Waals surface area contributed by atoms with Crippen molar-refractivity contribution >= 4 is 28.6 Å². The number of hydrogen-bond acceptors (Lipinski definition) is 5. The molecular weight excluding hydrogens is 292 g/mol. The van der Waals surface area contributed by atoms with Gasteiger partial charge in [-0.05, 0) is 23.8 Å². The van der Waals surface area contributed by atoms with Crippen LogP contribution in [-0.2, 0) is 0 Å². The van der Waals surface area contributed by atoms with Crippen molar-refractivity contribution in [3.05, 3.63) is 28.6 Å². The van der Waals surface area contributed by atoms with Crippen molar-refractivity contribution in [3.8, 4) is 9.88 Å². The molecule has 0 aromatic carbocycles. The molecule has 6 heteroatoms. The first-order valence-corrected chi connectivity index (χ1v) is 8.23. The summed E-state index contributed by atoms with van der Waals surface area (Å²) in [6.45, 7) is 4.40. The van der Waals surface area contributed by atoms with Crippen molar-refractivity contribution < 1.29 is 9.90 Å². The van der Waals surface area contributed by atoms with Crippen molar-refractivity contribution in [1.29, 1.82) is 0 Å². The first-order valence-electron chi connectivity index (χ1n) is 6.54. The van der Waals surface area contributed by atoms with Gasteiger partial charge in [0.05, 0.1) is 17.2 Å². The molecule has 2 heterocycles. The molecule has 20 heavy (non-hydrogen) atoms. The number of aliphatic hydroxyl groups excluding tert-OH is 1. The van der Waals surface area contributed by atoms with Crippen LogP contribution in [-0.4, -0.2) is 28.6 Å². The van der Waals surface area contributed by atoms with E-state index in [-0.39, 0.29) is 17.9 Å². The average Bonchev–Trinajstić information content (AvgIpc) is 3.08. The Balaban J connectivity index is 1.87. The summed E-state index contributed by atoms with van der Waals surface area (Å²) in [4.78, 5) is 17.9. The van der Waals surface area contributed by atoms with Crippen LogP contribution in [0.25, 0.3) is 9.88 Å². The molecule has 2 aromatic heterocycles. The molecule has 108 valence electrons. The summed E-state index contributed by atoms with van der Waals surface area (Å²) in [5, 5.41) is 15.4. The van der Waals surface area contributed by atoms with Crippen LogP contribution in [0.1, 0.15) is 29.9 Å². The van der Waals surface area contributed by atoms with E-state index in [2.05, 4.69) is 10.3 Å². The molecule has 0 aliphatic carbocycles. The minimum absolute atomic E-state index is 0.124. The molecule has 0 aliphatic rings. The monoisotopic (exact) mass is 310 g/mol. The van der Waals surface area contributed by atoms with Gasteiger partial charge in [-0.2, -0.15) is 0 Å². The highest BCUT2D eigenvalue weighted by atomic mass is 32.1. The molecule has 2 aromatic rings. The second-order valence-electron chi connectivity index (χ2n) is 4.86. The number of hydrogen-bond donors (Lipinski definition) is 2. The average molecular weight is 310 g/mol. The lowest BCUT2D eigenvalue weighted by Gasteiger charge is -2.14. The molecular formula is C14H18N2O2S2. The third kappa shape index (κ3) is 3.88. The number of amides is 1. The standard InChI is InChI=1S/C14H18N2O2S2/c1-9(2)10(17)5-6-15-13(18)12-8-16-14(20-12)11-4-3-7-19-11/h3-4,7-10,17H,5-6H2,1-2H3,(H,15,18). The van der Waals surface area contributed by atoms with Gasteiger partial charge in [-0.25, -0.2) is 4.98 Å². The van der Waals surface area contributed by atoms with E-state index in [4.69, 9.17) is 0 Å². The molecule has 0 spiro atoms. The van der Waals surface area contributed by atoms with Crippen molar-refractivity contribution in [1.82, 2.24) is 10.3 Å². The van der Waals surface area contributed by atoms with E-state index in [1.54, 1.807) is 17.5 Å². The van der Waals surface area contributed by atoms with E-state index in [1.807, 2.05) is 31.4 Å². The third-order valence-electron chi connectivity index (χ3n) is 2.96. The predicted octanol–water partition coefficient (Wildman–Crippen LogP) is 3.01. The molecule has 1 amide bonds. The first kappa shape index (κ1) is 15.2. The molecule has 2 rings (SSSR count). The summed E-state index contributed by atoms with van der Waals surface area (Å²) in [6, 6.07) is 3.96. The maximum Gasteiger partial charge on any atom is 0.263 e. The molecule has 2 N–H and O–H groups in total. The summed E-state index contributed by atoms with van der Waals surface area (Å²) in [5.41, 5.74) is 0. The zero-order chi connectivity index (χ0) is 14.5. The Kier molecular flexibility index (Phi) is 5.28. The predicted molar refractivity (Wildman–Crippen MR) is 83.2 cm³/mol. The fourth-order valence-corrected chi connectivity index (χ4v) is 3.28. The van der Waals surface area contributed by atoms with Crippen LogP contribution in [0.4, 0.5) is 0 Å². The summed E-state index contributed by atoms with van der Waals surface area (Å²) < 4.78 is 0. The van der Waals surface area contributed by atoms with E-state index in [0.717, 1.165) is 9.88 Å². The molecule has 0 fully saturated rings. The Labute approximate surface area is 126 Å². The van der Waals surface area contributed by atoms with Gasteiger partial charge in [-0.3, -0.25) is 4.79 Å². The van der Waals surface area contributed by atoms with Crippen molar-refractivity contribution in [2.24, 2.45) is 5.92 Å². The quantitative estimate of drug-likeness (QED) is 0.862. The molecule has 0 bridgehead atoms. The largest absolute Gasteiger partial charge is 0.393 e. The normalized spacial score (nSPS) is 12.6. The van der Waals surface area contributed by atoms with Gasteiger partial charge in [0.15, 0.2) is 0 Å². The number of thiazole rings is 1. The lowest BCUT2D eigenvalue weighted by molar-refractivity contribution is 0.0923. The topological polar surface area (TPSA) is 62.2 Å². The smallest absolute Gasteiger partial charge is 0.263 e. The number of nitrogens with one attached hydrogen (secondary N) is 1. The lowest BCUT2D eigenvalue weighted by Crippen LogP contribution is -2.28. The van der Waals surface area contributed by atoms with Gasteiger partial charge in [0.2, 0.25) is 0 Å². The van der Waals surface area contributed by atoms with Gasteiger partial charge in [0.1, 0.15) is 9.88 Å². The zero-order valence-electron chi connectivity index (χ0n) is 11.5. The molecule has 0 saturated heterocycles. The van der Waals surface area contributed by atoms with Crippen LogP contribution >= 0.6 is 22.7 Å².